The minimum atomic E-state index is -4.06. The van der Waals surface area contributed by atoms with E-state index in [1.54, 1.807) is 0 Å². The number of nitro benzene ring substituents is 1. The highest BCUT2D eigenvalue weighted by molar-refractivity contribution is 7.93. The number of rotatable bonds is 8. The van der Waals surface area contributed by atoms with Crippen LogP contribution in [0.25, 0.3) is 22.5 Å². The fourth-order valence-corrected chi connectivity index (χ4v) is 7.96. The SMILES string of the molecule is C[C@]1(Cn2nnc(-c3ccccc3)c2-c2ccccc2)[C@H](C(=O)OCc2ccc([N+](=O)[O-])cc2)N2C(=O)C[C@@H]2S1(=O)=O. The van der Waals surface area contributed by atoms with E-state index in [1.165, 1.54) is 35.9 Å². The summed E-state index contributed by atoms with van der Waals surface area (Å²) in [6.45, 7) is 0.911. The lowest BCUT2D eigenvalue weighted by Crippen LogP contribution is -2.58. The van der Waals surface area contributed by atoms with Gasteiger partial charge in [-0.1, -0.05) is 65.9 Å². The number of hydrogen-bond acceptors (Lipinski definition) is 9. The summed E-state index contributed by atoms with van der Waals surface area (Å²) in [4.78, 5) is 37.7. The number of carbonyl (C=O) groups excluding carboxylic acids is 2. The minimum absolute atomic E-state index is 0.120. The first-order valence-electron chi connectivity index (χ1n) is 13.1. The number of β-lactam (4-membered cyclic amide) rings is 1. The van der Waals surface area contributed by atoms with E-state index in [-0.39, 0.29) is 25.3 Å². The fourth-order valence-electron chi connectivity index (χ4n) is 5.61. The Hall–Kier alpha value is -4.91. The summed E-state index contributed by atoms with van der Waals surface area (Å²) in [5, 5.41) is 18.5. The van der Waals surface area contributed by atoms with Crippen LogP contribution in [0.2, 0.25) is 0 Å². The van der Waals surface area contributed by atoms with E-state index < -0.39 is 42.8 Å². The van der Waals surface area contributed by atoms with Crippen molar-refractivity contribution in [3.8, 4) is 22.5 Å². The normalized spacial score (nSPS) is 22.3. The molecule has 13 heteroatoms. The van der Waals surface area contributed by atoms with Crippen molar-refractivity contribution in [3.63, 3.8) is 0 Å². The molecule has 2 saturated heterocycles. The third kappa shape index (κ3) is 4.33. The van der Waals surface area contributed by atoms with Gasteiger partial charge in [0.05, 0.1) is 23.6 Å². The van der Waals surface area contributed by atoms with Crippen LogP contribution in [0, 0.1) is 10.1 Å². The van der Waals surface area contributed by atoms with E-state index in [0.29, 0.717) is 17.0 Å². The monoisotopic (exact) mass is 587 g/mol. The van der Waals surface area contributed by atoms with Crippen molar-refractivity contribution in [3.05, 3.63) is 101 Å². The zero-order valence-electron chi connectivity index (χ0n) is 22.4. The van der Waals surface area contributed by atoms with Crippen molar-refractivity contribution >= 4 is 27.4 Å². The predicted octanol–water partition coefficient (Wildman–Crippen LogP) is 3.38. The molecule has 2 aliphatic heterocycles. The molecular formula is C29H25N5O7S. The maximum Gasteiger partial charge on any atom is 0.330 e. The van der Waals surface area contributed by atoms with Gasteiger partial charge in [0, 0.05) is 23.3 Å². The number of fused-ring (bicyclic) bond motifs is 1. The van der Waals surface area contributed by atoms with Gasteiger partial charge in [-0.25, -0.2) is 17.9 Å². The molecular weight excluding hydrogens is 562 g/mol. The molecule has 1 amide bonds. The van der Waals surface area contributed by atoms with Crippen molar-refractivity contribution in [1.29, 1.82) is 0 Å². The molecule has 4 aromatic rings. The Morgan fingerprint density at radius 2 is 1.64 bits per heavy atom. The fraction of sp³-hybridized carbons (Fsp3) is 0.241. The van der Waals surface area contributed by atoms with Crippen LogP contribution in [0.5, 0.6) is 0 Å². The molecule has 2 aliphatic rings. The average Bonchev–Trinajstić information content (AvgIpc) is 3.46. The van der Waals surface area contributed by atoms with E-state index in [1.807, 2.05) is 60.7 Å². The molecule has 0 saturated carbocycles. The van der Waals surface area contributed by atoms with Crippen LogP contribution in [0.3, 0.4) is 0 Å². The number of esters is 1. The van der Waals surface area contributed by atoms with Crippen molar-refractivity contribution in [1.82, 2.24) is 19.9 Å². The van der Waals surface area contributed by atoms with Gasteiger partial charge in [-0.05, 0) is 24.6 Å². The summed E-state index contributed by atoms with van der Waals surface area (Å²) in [6.07, 6.45) is -0.220. The molecule has 6 rings (SSSR count). The lowest BCUT2D eigenvalue weighted by molar-refractivity contribution is -0.384. The second-order valence-corrected chi connectivity index (χ2v) is 13.0. The molecule has 214 valence electrons. The molecule has 0 aliphatic carbocycles. The quantitative estimate of drug-likeness (QED) is 0.131. The van der Waals surface area contributed by atoms with Gasteiger partial charge in [0.25, 0.3) is 5.69 Å². The van der Waals surface area contributed by atoms with Crippen LogP contribution >= 0.6 is 0 Å². The second kappa shape index (κ2) is 10.2. The van der Waals surface area contributed by atoms with Gasteiger partial charge in [0.15, 0.2) is 15.9 Å². The standard InChI is InChI=1S/C29H25N5O7S/c1-29(18-32-26(21-10-6-3-7-11-21)25(30-31-32)20-8-4-2-5-9-20)27(33-23(35)16-24(33)42(29,39)40)28(36)41-17-19-12-14-22(15-13-19)34(37)38/h2-15,24,27H,16-18H2,1H3/t24-,27-,29-/m0/s1. The van der Waals surface area contributed by atoms with Gasteiger partial charge in [-0.2, -0.15) is 0 Å². The van der Waals surface area contributed by atoms with Crippen LogP contribution in [0.4, 0.5) is 5.69 Å². The Morgan fingerprint density at radius 1 is 1.02 bits per heavy atom. The number of hydrogen-bond donors (Lipinski definition) is 0. The number of benzene rings is 3. The number of aromatic nitrogens is 3. The first kappa shape index (κ1) is 27.3. The van der Waals surface area contributed by atoms with Gasteiger partial charge in [0.2, 0.25) is 5.91 Å². The summed E-state index contributed by atoms with van der Waals surface area (Å²) in [7, 11) is -4.06. The Bertz CT molecular complexity index is 1790. The molecule has 2 fully saturated rings. The molecule has 12 nitrogen and oxygen atoms in total. The van der Waals surface area contributed by atoms with Crippen LogP contribution in [-0.4, -0.2) is 61.3 Å². The second-order valence-electron chi connectivity index (χ2n) is 10.4. The molecule has 0 bridgehead atoms. The zero-order chi connectivity index (χ0) is 29.6. The maximum atomic E-state index is 13.9. The summed E-state index contributed by atoms with van der Waals surface area (Å²) in [5.41, 5.74) is 2.98. The maximum absolute atomic E-state index is 13.9. The Kier molecular flexibility index (Phi) is 6.61. The van der Waals surface area contributed by atoms with Gasteiger partial charge in [-0.15, -0.1) is 5.10 Å². The Morgan fingerprint density at radius 3 is 2.24 bits per heavy atom. The van der Waals surface area contributed by atoms with Gasteiger partial charge >= 0.3 is 5.97 Å². The topological polar surface area (TPSA) is 155 Å². The number of carbonyl (C=O) groups is 2. The number of non-ortho nitro benzene ring substituents is 1. The molecule has 0 spiro atoms. The molecule has 3 heterocycles. The Balaban J connectivity index is 1.37. The van der Waals surface area contributed by atoms with E-state index in [0.717, 1.165) is 16.0 Å². The zero-order valence-corrected chi connectivity index (χ0v) is 23.2. The first-order valence-corrected chi connectivity index (χ1v) is 14.7. The number of nitro groups is 1. The van der Waals surface area contributed by atoms with Crippen molar-refractivity contribution < 1.29 is 27.7 Å². The van der Waals surface area contributed by atoms with Gasteiger partial charge < -0.3 is 9.64 Å². The van der Waals surface area contributed by atoms with Crippen molar-refractivity contribution in [2.24, 2.45) is 0 Å². The third-order valence-corrected chi connectivity index (χ3v) is 10.6. The summed E-state index contributed by atoms with van der Waals surface area (Å²) in [6, 6.07) is 22.6. The lowest BCUT2D eigenvalue weighted by atomic mass is 9.95. The molecule has 0 N–H and O–H groups in total. The molecule has 3 aromatic carbocycles. The van der Waals surface area contributed by atoms with E-state index in [4.69, 9.17) is 4.74 Å². The molecule has 42 heavy (non-hydrogen) atoms. The van der Waals surface area contributed by atoms with E-state index in [9.17, 15) is 28.1 Å². The van der Waals surface area contributed by atoms with Crippen LogP contribution < -0.4 is 0 Å². The summed E-state index contributed by atoms with van der Waals surface area (Å²) >= 11 is 0. The van der Waals surface area contributed by atoms with Gasteiger partial charge in [-0.3, -0.25) is 14.9 Å². The minimum Gasteiger partial charge on any atom is -0.459 e. The number of sulfone groups is 1. The highest BCUT2D eigenvalue weighted by Crippen LogP contribution is 2.48. The molecule has 0 radical (unpaired) electrons. The van der Waals surface area contributed by atoms with Crippen LogP contribution in [-0.2, 0) is 37.3 Å². The smallest absolute Gasteiger partial charge is 0.330 e. The summed E-state index contributed by atoms with van der Waals surface area (Å²) in [5.74, 6) is -1.35. The molecule has 3 atom stereocenters. The number of ether oxygens (including phenoxy) is 1. The van der Waals surface area contributed by atoms with E-state index in [2.05, 4.69) is 10.3 Å². The lowest BCUT2D eigenvalue weighted by Gasteiger charge is -2.36. The largest absolute Gasteiger partial charge is 0.459 e. The van der Waals surface area contributed by atoms with Crippen molar-refractivity contribution in [2.45, 2.75) is 42.7 Å². The summed E-state index contributed by atoms with van der Waals surface area (Å²) < 4.78 is 33.0. The van der Waals surface area contributed by atoms with Gasteiger partial charge in [0.1, 0.15) is 22.4 Å². The molecule has 0 unspecified atom stereocenters. The Labute approximate surface area is 240 Å². The average molecular weight is 588 g/mol. The highest BCUT2D eigenvalue weighted by Gasteiger charge is 2.70. The third-order valence-electron chi connectivity index (χ3n) is 7.86. The van der Waals surface area contributed by atoms with Crippen LogP contribution in [0.15, 0.2) is 84.9 Å². The number of nitrogens with zero attached hydrogens (tertiary/aromatic N) is 5. The van der Waals surface area contributed by atoms with Crippen LogP contribution in [0.1, 0.15) is 18.9 Å². The molecule has 1 aromatic heterocycles. The number of amides is 1. The van der Waals surface area contributed by atoms with Crippen molar-refractivity contribution in [2.75, 3.05) is 0 Å². The highest BCUT2D eigenvalue weighted by atomic mass is 32.2. The predicted molar refractivity (Wildman–Crippen MR) is 150 cm³/mol. The van der Waals surface area contributed by atoms with E-state index >= 15 is 0 Å². The first-order chi connectivity index (χ1) is 20.1.